The molecule has 2 aromatic rings. The molecule has 1 unspecified atom stereocenters. The zero-order valence-electron chi connectivity index (χ0n) is 9.18. The highest BCUT2D eigenvalue weighted by Gasteiger charge is 2.05. The number of rotatable bonds is 3. The van der Waals surface area contributed by atoms with Crippen LogP contribution >= 0.6 is 11.3 Å². The molecule has 16 heavy (non-hydrogen) atoms. The highest BCUT2D eigenvalue weighted by atomic mass is 32.1. The molecular weight excluding hydrogens is 218 g/mol. The Hall–Kier alpha value is -1.23. The van der Waals surface area contributed by atoms with E-state index in [1.165, 1.54) is 10.4 Å². The van der Waals surface area contributed by atoms with Crippen molar-refractivity contribution in [2.75, 3.05) is 6.54 Å². The molecule has 0 amide bonds. The number of aromatic nitrogens is 1. The van der Waals surface area contributed by atoms with E-state index >= 15 is 0 Å². The fourth-order valence-electron chi connectivity index (χ4n) is 1.53. The minimum absolute atomic E-state index is 0.0720. The van der Waals surface area contributed by atoms with Gasteiger partial charge >= 0.3 is 0 Å². The second-order valence-electron chi connectivity index (χ2n) is 3.71. The highest BCUT2D eigenvalue weighted by molar-refractivity contribution is 7.15. The van der Waals surface area contributed by atoms with Gasteiger partial charge < -0.3 is 11.5 Å². The molecule has 0 aliphatic carbocycles. The van der Waals surface area contributed by atoms with E-state index in [0.717, 1.165) is 10.6 Å². The van der Waals surface area contributed by atoms with Gasteiger partial charge in [-0.05, 0) is 18.1 Å². The molecule has 84 valence electrons. The summed E-state index contributed by atoms with van der Waals surface area (Å²) < 4.78 is 0. The Kier molecular flexibility index (Phi) is 3.33. The van der Waals surface area contributed by atoms with Crippen LogP contribution in [0, 0.1) is 6.92 Å². The fourth-order valence-corrected chi connectivity index (χ4v) is 2.31. The lowest BCUT2D eigenvalue weighted by atomic mass is 10.1. The monoisotopic (exact) mass is 233 g/mol. The Morgan fingerprint density at radius 1 is 1.31 bits per heavy atom. The number of nitrogens with two attached hydrogens (primary N) is 2. The zero-order valence-corrected chi connectivity index (χ0v) is 10.00. The summed E-state index contributed by atoms with van der Waals surface area (Å²) in [7, 11) is 0. The number of hydrogen-bond donors (Lipinski definition) is 2. The van der Waals surface area contributed by atoms with Crippen LogP contribution in [0.5, 0.6) is 0 Å². The molecule has 4 N–H and O–H groups in total. The summed E-state index contributed by atoms with van der Waals surface area (Å²) in [6.07, 6.45) is 1.90. The predicted octanol–water partition coefficient (Wildman–Crippen LogP) is 2.08. The maximum absolute atomic E-state index is 5.85. The molecule has 0 aliphatic rings. The van der Waals surface area contributed by atoms with Gasteiger partial charge in [-0.3, -0.25) is 0 Å². The first-order valence-corrected chi connectivity index (χ1v) is 6.01. The minimum Gasteiger partial charge on any atom is -0.329 e. The first kappa shape index (κ1) is 11.3. The second kappa shape index (κ2) is 4.74. The summed E-state index contributed by atoms with van der Waals surface area (Å²) in [5.41, 5.74) is 13.6. The largest absolute Gasteiger partial charge is 0.329 e. The van der Waals surface area contributed by atoms with Gasteiger partial charge in [0.15, 0.2) is 0 Å². The van der Waals surface area contributed by atoms with Crippen LogP contribution in [-0.4, -0.2) is 11.5 Å². The Morgan fingerprint density at radius 3 is 2.50 bits per heavy atom. The first-order valence-electron chi connectivity index (χ1n) is 5.19. The quantitative estimate of drug-likeness (QED) is 0.853. The number of benzene rings is 1. The highest BCUT2D eigenvalue weighted by Crippen LogP contribution is 2.26. The van der Waals surface area contributed by atoms with Gasteiger partial charge in [-0.25, -0.2) is 4.98 Å². The molecular formula is C12H15N3S. The molecule has 0 saturated carbocycles. The van der Waals surface area contributed by atoms with Gasteiger partial charge in [-0.2, -0.15) is 0 Å². The van der Waals surface area contributed by atoms with Crippen LogP contribution < -0.4 is 11.5 Å². The molecule has 0 aliphatic heterocycles. The van der Waals surface area contributed by atoms with E-state index in [1.54, 1.807) is 11.3 Å². The third-order valence-corrected chi connectivity index (χ3v) is 3.46. The van der Waals surface area contributed by atoms with E-state index in [0.29, 0.717) is 6.54 Å². The van der Waals surface area contributed by atoms with Crippen LogP contribution in [0.2, 0.25) is 0 Å². The lowest BCUT2D eigenvalue weighted by Crippen LogP contribution is -2.20. The molecule has 2 rings (SSSR count). The Labute approximate surface area is 99.1 Å². The smallest absolute Gasteiger partial charge is 0.0900 e. The molecule has 1 aromatic carbocycles. The van der Waals surface area contributed by atoms with Crippen LogP contribution in [0.3, 0.4) is 0 Å². The SMILES string of the molecule is Cc1ncc(-c2ccc(C(N)CN)cc2)s1. The number of nitrogens with zero attached hydrogens (tertiary/aromatic N) is 1. The molecule has 0 spiro atoms. The average molecular weight is 233 g/mol. The summed E-state index contributed by atoms with van der Waals surface area (Å²) in [6.45, 7) is 2.48. The van der Waals surface area contributed by atoms with Crippen molar-refractivity contribution in [2.24, 2.45) is 11.5 Å². The topological polar surface area (TPSA) is 64.9 Å². The Morgan fingerprint density at radius 2 is 2.00 bits per heavy atom. The first-order chi connectivity index (χ1) is 7.70. The third kappa shape index (κ3) is 2.29. The fraction of sp³-hybridized carbons (Fsp3) is 0.250. The maximum Gasteiger partial charge on any atom is 0.0900 e. The number of thiazole rings is 1. The van der Waals surface area contributed by atoms with Crippen LogP contribution in [0.1, 0.15) is 16.6 Å². The van der Waals surface area contributed by atoms with Crippen molar-refractivity contribution >= 4 is 11.3 Å². The molecule has 0 fully saturated rings. The van der Waals surface area contributed by atoms with E-state index in [1.807, 2.05) is 25.3 Å². The van der Waals surface area contributed by atoms with Crippen molar-refractivity contribution in [3.8, 4) is 10.4 Å². The predicted molar refractivity (Wildman–Crippen MR) is 68.3 cm³/mol. The van der Waals surface area contributed by atoms with Crippen molar-refractivity contribution in [1.29, 1.82) is 0 Å². The van der Waals surface area contributed by atoms with Crippen molar-refractivity contribution in [3.63, 3.8) is 0 Å². The molecule has 0 radical (unpaired) electrons. The van der Waals surface area contributed by atoms with E-state index in [4.69, 9.17) is 11.5 Å². The minimum atomic E-state index is -0.0720. The van der Waals surface area contributed by atoms with E-state index in [-0.39, 0.29) is 6.04 Å². The second-order valence-corrected chi connectivity index (χ2v) is 4.94. The van der Waals surface area contributed by atoms with Crippen molar-refractivity contribution in [1.82, 2.24) is 4.98 Å². The van der Waals surface area contributed by atoms with Gasteiger partial charge in [0, 0.05) is 18.8 Å². The molecule has 0 bridgehead atoms. The number of hydrogen-bond acceptors (Lipinski definition) is 4. The van der Waals surface area contributed by atoms with Gasteiger partial charge in [0.25, 0.3) is 0 Å². The third-order valence-electron chi connectivity index (χ3n) is 2.50. The van der Waals surface area contributed by atoms with Gasteiger partial charge in [0.05, 0.1) is 9.88 Å². The van der Waals surface area contributed by atoms with Gasteiger partial charge in [0.1, 0.15) is 0 Å². The average Bonchev–Trinajstić information content (AvgIpc) is 2.75. The molecule has 1 heterocycles. The summed E-state index contributed by atoms with van der Waals surface area (Å²) in [4.78, 5) is 5.43. The van der Waals surface area contributed by atoms with Crippen molar-refractivity contribution < 1.29 is 0 Å². The van der Waals surface area contributed by atoms with Gasteiger partial charge in [-0.15, -0.1) is 11.3 Å². The molecule has 1 aromatic heterocycles. The maximum atomic E-state index is 5.85. The van der Waals surface area contributed by atoms with Crippen LogP contribution in [0.4, 0.5) is 0 Å². The Balaban J connectivity index is 2.25. The molecule has 1 atom stereocenters. The molecule has 0 saturated heterocycles. The summed E-state index contributed by atoms with van der Waals surface area (Å²) in [5, 5.41) is 1.08. The summed E-state index contributed by atoms with van der Waals surface area (Å²) >= 11 is 1.69. The van der Waals surface area contributed by atoms with Crippen LogP contribution in [-0.2, 0) is 0 Å². The van der Waals surface area contributed by atoms with E-state index in [2.05, 4.69) is 17.1 Å². The molecule has 3 nitrogen and oxygen atoms in total. The van der Waals surface area contributed by atoms with E-state index in [9.17, 15) is 0 Å². The standard InChI is InChI=1S/C12H15N3S/c1-8-15-7-12(16-8)10-4-2-9(3-5-10)11(14)6-13/h2-5,7,11H,6,13-14H2,1H3. The number of aryl methyl sites for hydroxylation is 1. The lowest BCUT2D eigenvalue weighted by Gasteiger charge is -2.09. The zero-order chi connectivity index (χ0) is 11.5. The van der Waals surface area contributed by atoms with E-state index < -0.39 is 0 Å². The van der Waals surface area contributed by atoms with Crippen LogP contribution in [0.15, 0.2) is 30.5 Å². The van der Waals surface area contributed by atoms with Gasteiger partial charge in [0.2, 0.25) is 0 Å². The van der Waals surface area contributed by atoms with Gasteiger partial charge in [-0.1, -0.05) is 24.3 Å². The van der Waals surface area contributed by atoms with Crippen LogP contribution in [0.25, 0.3) is 10.4 Å². The summed E-state index contributed by atoms with van der Waals surface area (Å²) in [6, 6.07) is 8.12. The van der Waals surface area contributed by atoms with Crippen molar-refractivity contribution in [3.05, 3.63) is 41.0 Å². The lowest BCUT2D eigenvalue weighted by molar-refractivity contribution is 0.737. The van der Waals surface area contributed by atoms with Crippen molar-refractivity contribution in [2.45, 2.75) is 13.0 Å². The normalized spacial score (nSPS) is 12.7. The molecule has 4 heteroatoms. The Bertz CT molecular complexity index is 461. The summed E-state index contributed by atoms with van der Waals surface area (Å²) in [5.74, 6) is 0.